The molecule has 1 fully saturated rings. The third-order valence-electron chi connectivity index (χ3n) is 3.58. The summed E-state index contributed by atoms with van der Waals surface area (Å²) >= 11 is 5.43. The number of hydrogen-bond donors (Lipinski definition) is 1. The first-order chi connectivity index (χ1) is 9.20. The van der Waals surface area contributed by atoms with Crippen LogP contribution in [0.4, 0.5) is 4.39 Å². The number of thioether (sulfide) groups is 1. The monoisotopic (exact) mass is 345 g/mol. The van der Waals surface area contributed by atoms with Gasteiger partial charge in [0.1, 0.15) is 5.82 Å². The molecule has 1 aliphatic carbocycles. The number of rotatable bonds is 6. The molecule has 1 N–H and O–H groups in total. The molecule has 0 aliphatic heterocycles. The van der Waals surface area contributed by atoms with Crippen LogP contribution >= 0.6 is 27.7 Å². The van der Waals surface area contributed by atoms with Crippen molar-refractivity contribution in [1.82, 2.24) is 5.32 Å². The second kappa shape index (κ2) is 7.65. The van der Waals surface area contributed by atoms with Crippen molar-refractivity contribution in [2.24, 2.45) is 0 Å². The SMILES string of the molecule is CCNC(CSC1CCCC1)c1cc(Br)ccc1F. The number of halogens is 2. The summed E-state index contributed by atoms with van der Waals surface area (Å²) in [4.78, 5) is 0. The van der Waals surface area contributed by atoms with Gasteiger partial charge in [0, 0.05) is 27.1 Å². The molecule has 0 bridgehead atoms. The Labute approximate surface area is 127 Å². The van der Waals surface area contributed by atoms with Crippen LogP contribution in [0.3, 0.4) is 0 Å². The van der Waals surface area contributed by atoms with Gasteiger partial charge in [-0.25, -0.2) is 4.39 Å². The van der Waals surface area contributed by atoms with Crippen molar-refractivity contribution in [1.29, 1.82) is 0 Å². The average Bonchev–Trinajstić information content (AvgIpc) is 2.91. The van der Waals surface area contributed by atoms with Gasteiger partial charge >= 0.3 is 0 Å². The first-order valence-electron chi connectivity index (χ1n) is 7.00. The Balaban J connectivity index is 2.03. The summed E-state index contributed by atoms with van der Waals surface area (Å²) in [5.74, 6) is 0.840. The van der Waals surface area contributed by atoms with Crippen LogP contribution in [-0.4, -0.2) is 17.5 Å². The molecular weight excluding hydrogens is 325 g/mol. The van der Waals surface area contributed by atoms with E-state index in [4.69, 9.17) is 0 Å². The van der Waals surface area contributed by atoms with Crippen molar-refractivity contribution in [3.05, 3.63) is 34.1 Å². The molecule has 1 aliphatic rings. The first kappa shape index (κ1) is 15.3. The normalized spacial score (nSPS) is 17.8. The minimum absolute atomic E-state index is 0.105. The third kappa shape index (κ3) is 4.47. The zero-order chi connectivity index (χ0) is 13.7. The van der Waals surface area contributed by atoms with Crippen LogP contribution in [0.15, 0.2) is 22.7 Å². The molecule has 1 unspecified atom stereocenters. The number of nitrogens with one attached hydrogen (secondary N) is 1. The highest BCUT2D eigenvalue weighted by Gasteiger charge is 2.20. The second-order valence-corrected chi connectivity index (χ2v) is 7.26. The molecule has 0 spiro atoms. The van der Waals surface area contributed by atoms with Gasteiger partial charge in [0.25, 0.3) is 0 Å². The molecule has 0 saturated heterocycles. The highest BCUT2D eigenvalue weighted by Crippen LogP contribution is 2.33. The van der Waals surface area contributed by atoms with Gasteiger partial charge in [-0.05, 0) is 37.6 Å². The summed E-state index contributed by atoms with van der Waals surface area (Å²) in [5.41, 5.74) is 0.779. The predicted molar refractivity (Wildman–Crippen MR) is 85.2 cm³/mol. The fraction of sp³-hybridized carbons (Fsp3) is 0.600. The molecular formula is C15H21BrFNS. The third-order valence-corrected chi connectivity index (χ3v) is 5.55. The van der Waals surface area contributed by atoms with E-state index in [9.17, 15) is 4.39 Å². The number of benzene rings is 1. The summed E-state index contributed by atoms with van der Waals surface area (Å²) in [6.07, 6.45) is 5.36. The maximum atomic E-state index is 14.0. The lowest BCUT2D eigenvalue weighted by Gasteiger charge is -2.21. The zero-order valence-corrected chi connectivity index (χ0v) is 13.7. The Bertz CT molecular complexity index is 407. The summed E-state index contributed by atoms with van der Waals surface area (Å²) in [7, 11) is 0. The van der Waals surface area contributed by atoms with E-state index in [0.29, 0.717) is 0 Å². The maximum Gasteiger partial charge on any atom is 0.128 e. The van der Waals surface area contributed by atoms with Gasteiger partial charge < -0.3 is 5.32 Å². The van der Waals surface area contributed by atoms with Crippen LogP contribution in [0.5, 0.6) is 0 Å². The van der Waals surface area contributed by atoms with Crippen LogP contribution in [0.2, 0.25) is 0 Å². The van der Waals surface area contributed by atoms with E-state index < -0.39 is 0 Å². The van der Waals surface area contributed by atoms with Gasteiger partial charge in [0.15, 0.2) is 0 Å². The molecule has 0 radical (unpaired) electrons. The van der Waals surface area contributed by atoms with Gasteiger partial charge in [-0.15, -0.1) is 0 Å². The lowest BCUT2D eigenvalue weighted by Crippen LogP contribution is -2.24. The van der Waals surface area contributed by atoms with Gasteiger partial charge in [-0.2, -0.15) is 11.8 Å². The van der Waals surface area contributed by atoms with Gasteiger partial charge in [-0.3, -0.25) is 0 Å². The molecule has 4 heteroatoms. The predicted octanol–water partition coefficient (Wildman–Crippen LogP) is 4.91. The topological polar surface area (TPSA) is 12.0 Å². The molecule has 0 aromatic heterocycles. The quantitative estimate of drug-likeness (QED) is 0.785. The molecule has 0 heterocycles. The fourth-order valence-corrected chi connectivity index (χ4v) is 4.38. The Morgan fingerprint density at radius 2 is 2.16 bits per heavy atom. The molecule has 1 atom stereocenters. The molecule has 2 rings (SSSR count). The lowest BCUT2D eigenvalue weighted by molar-refractivity contribution is 0.544. The fourth-order valence-electron chi connectivity index (χ4n) is 2.57. The van der Waals surface area contributed by atoms with E-state index in [-0.39, 0.29) is 11.9 Å². The second-order valence-electron chi connectivity index (χ2n) is 5.02. The molecule has 19 heavy (non-hydrogen) atoms. The van der Waals surface area contributed by atoms with Crippen LogP contribution in [0.1, 0.15) is 44.2 Å². The highest BCUT2D eigenvalue weighted by atomic mass is 79.9. The highest BCUT2D eigenvalue weighted by molar-refractivity contribution is 9.10. The van der Waals surface area contributed by atoms with Crippen molar-refractivity contribution in [2.45, 2.75) is 43.9 Å². The Morgan fingerprint density at radius 1 is 1.42 bits per heavy atom. The van der Waals surface area contributed by atoms with Crippen molar-refractivity contribution in [3.63, 3.8) is 0 Å². The maximum absolute atomic E-state index is 14.0. The van der Waals surface area contributed by atoms with Gasteiger partial charge in [-0.1, -0.05) is 35.7 Å². The van der Waals surface area contributed by atoms with E-state index in [1.165, 1.54) is 25.7 Å². The lowest BCUT2D eigenvalue weighted by atomic mass is 10.1. The van der Waals surface area contributed by atoms with E-state index in [0.717, 1.165) is 27.6 Å². The van der Waals surface area contributed by atoms with E-state index in [2.05, 4.69) is 28.2 Å². The first-order valence-corrected chi connectivity index (χ1v) is 8.84. The Morgan fingerprint density at radius 3 is 2.84 bits per heavy atom. The minimum Gasteiger partial charge on any atom is -0.309 e. The van der Waals surface area contributed by atoms with Crippen LogP contribution in [0, 0.1) is 5.82 Å². The smallest absolute Gasteiger partial charge is 0.128 e. The largest absolute Gasteiger partial charge is 0.309 e. The van der Waals surface area contributed by atoms with Crippen LogP contribution < -0.4 is 5.32 Å². The minimum atomic E-state index is -0.110. The summed E-state index contributed by atoms with van der Waals surface area (Å²) in [5, 5.41) is 4.18. The summed E-state index contributed by atoms with van der Waals surface area (Å²) < 4.78 is 14.9. The van der Waals surface area contributed by atoms with Crippen LogP contribution in [0.25, 0.3) is 0 Å². The molecule has 1 aromatic rings. The Hall–Kier alpha value is -0.0600. The van der Waals surface area contributed by atoms with Gasteiger partial charge in [0.2, 0.25) is 0 Å². The van der Waals surface area contributed by atoms with Crippen molar-refractivity contribution in [3.8, 4) is 0 Å². The standard InChI is InChI=1S/C15H21BrFNS/c1-2-18-15(10-19-12-5-3-4-6-12)13-9-11(16)7-8-14(13)17/h7-9,12,15,18H,2-6,10H2,1H3. The summed E-state index contributed by atoms with van der Waals surface area (Å²) in [6.45, 7) is 2.94. The number of hydrogen-bond acceptors (Lipinski definition) is 2. The molecule has 1 saturated carbocycles. The Kier molecular flexibility index (Phi) is 6.17. The van der Waals surface area contributed by atoms with Crippen molar-refractivity contribution < 1.29 is 4.39 Å². The van der Waals surface area contributed by atoms with E-state index >= 15 is 0 Å². The molecule has 1 nitrogen and oxygen atoms in total. The molecule has 0 amide bonds. The van der Waals surface area contributed by atoms with Gasteiger partial charge in [0.05, 0.1) is 0 Å². The van der Waals surface area contributed by atoms with E-state index in [1.807, 2.05) is 17.8 Å². The average molecular weight is 346 g/mol. The van der Waals surface area contributed by atoms with Crippen LogP contribution in [-0.2, 0) is 0 Å². The van der Waals surface area contributed by atoms with Crippen molar-refractivity contribution >= 4 is 27.7 Å². The molecule has 106 valence electrons. The summed E-state index contributed by atoms with van der Waals surface area (Å²) in [6, 6.07) is 5.31. The van der Waals surface area contributed by atoms with Crippen molar-refractivity contribution in [2.75, 3.05) is 12.3 Å². The zero-order valence-electron chi connectivity index (χ0n) is 11.3. The molecule has 1 aromatic carbocycles. The van der Waals surface area contributed by atoms with E-state index in [1.54, 1.807) is 12.1 Å².